The van der Waals surface area contributed by atoms with Gasteiger partial charge in [0.1, 0.15) is 9.71 Å². The number of nitrogens with one attached hydrogen (secondary N) is 1. The number of nitrogen functional groups attached to an aromatic ring is 1. The van der Waals surface area contributed by atoms with Gasteiger partial charge in [-0.2, -0.15) is 0 Å². The molecule has 2 amide bonds. The van der Waals surface area contributed by atoms with Crippen LogP contribution in [0.3, 0.4) is 0 Å². The van der Waals surface area contributed by atoms with Crippen molar-refractivity contribution in [2.45, 2.75) is 13.8 Å². The molecule has 2 aromatic heterocycles. The molecule has 2 rings (SSSR count). The second-order valence-electron chi connectivity index (χ2n) is 4.65. The third-order valence-corrected chi connectivity index (χ3v) is 4.42. The van der Waals surface area contributed by atoms with Crippen LogP contribution in [-0.2, 0) is 4.79 Å². The minimum atomic E-state index is -0.235. The lowest BCUT2D eigenvalue weighted by atomic mass is 10.1. The van der Waals surface area contributed by atoms with E-state index in [9.17, 15) is 9.59 Å². The Labute approximate surface area is 127 Å². The molecule has 2 aromatic rings. The zero-order valence-electron chi connectivity index (χ0n) is 12.3. The molecule has 0 aliphatic rings. The summed E-state index contributed by atoms with van der Waals surface area (Å²) in [5.41, 5.74) is 7.55. The number of carbonyl (C=O) groups excluding carboxylic acids is 2. The number of aromatic nitrogens is 1. The molecule has 0 atom stereocenters. The number of aryl methyl sites for hydroxylation is 1. The number of nitrogens with two attached hydrogens (primary N) is 1. The second kappa shape index (κ2) is 6.09. The van der Waals surface area contributed by atoms with Gasteiger partial charge in [-0.1, -0.05) is 0 Å². The van der Waals surface area contributed by atoms with E-state index in [4.69, 9.17) is 5.73 Å². The highest BCUT2D eigenvalue weighted by Gasteiger charge is 2.23. The maximum atomic E-state index is 12.6. The van der Waals surface area contributed by atoms with Gasteiger partial charge in [-0.05, 0) is 25.5 Å². The van der Waals surface area contributed by atoms with Crippen LogP contribution in [-0.4, -0.2) is 41.8 Å². The largest absolute Gasteiger partial charge is 0.397 e. The third-order valence-electron chi connectivity index (χ3n) is 3.31. The van der Waals surface area contributed by atoms with Gasteiger partial charge in [-0.3, -0.25) is 9.59 Å². The van der Waals surface area contributed by atoms with Crippen molar-refractivity contribution < 1.29 is 9.59 Å². The van der Waals surface area contributed by atoms with Crippen molar-refractivity contribution in [3.8, 4) is 0 Å². The number of rotatable bonds is 4. The zero-order chi connectivity index (χ0) is 15.6. The zero-order valence-corrected chi connectivity index (χ0v) is 13.1. The Bertz CT molecular complexity index is 696. The van der Waals surface area contributed by atoms with E-state index >= 15 is 0 Å². The summed E-state index contributed by atoms with van der Waals surface area (Å²) < 4.78 is 0. The van der Waals surface area contributed by atoms with E-state index in [-0.39, 0.29) is 18.4 Å². The van der Waals surface area contributed by atoms with E-state index in [1.807, 2.05) is 19.9 Å². The molecule has 3 N–H and O–H groups in total. The highest BCUT2D eigenvalue weighted by molar-refractivity contribution is 7.21. The van der Waals surface area contributed by atoms with Crippen LogP contribution in [0, 0.1) is 6.92 Å². The van der Waals surface area contributed by atoms with Gasteiger partial charge >= 0.3 is 0 Å². The maximum absolute atomic E-state index is 12.6. The molecule has 0 fully saturated rings. The Morgan fingerprint density at radius 3 is 2.76 bits per heavy atom. The van der Waals surface area contributed by atoms with Crippen LogP contribution >= 0.6 is 11.3 Å². The fourth-order valence-electron chi connectivity index (χ4n) is 2.09. The van der Waals surface area contributed by atoms with Crippen molar-refractivity contribution in [3.63, 3.8) is 0 Å². The molecule has 21 heavy (non-hydrogen) atoms. The molecule has 0 aromatic carbocycles. The molecule has 0 spiro atoms. The van der Waals surface area contributed by atoms with Crippen molar-refractivity contribution in [3.05, 3.63) is 22.7 Å². The van der Waals surface area contributed by atoms with Crippen LogP contribution in [0.1, 0.15) is 22.2 Å². The standard InChI is InChI=1S/C14H18N4O2S/c1-4-18(7-9(19)16-3)14(20)12-11(15)10-8(2)5-6-17-13(10)21-12/h5-6H,4,7,15H2,1-3H3,(H,16,19). The second-order valence-corrected chi connectivity index (χ2v) is 5.64. The van der Waals surface area contributed by atoms with Crippen molar-refractivity contribution in [2.75, 3.05) is 25.9 Å². The number of thiophene rings is 1. The SMILES string of the molecule is CCN(CC(=O)NC)C(=O)c1sc2nccc(C)c2c1N. The average molecular weight is 306 g/mol. The van der Waals surface area contributed by atoms with Gasteiger partial charge in [0.25, 0.3) is 5.91 Å². The number of likely N-dealkylation sites (N-methyl/N-ethyl adjacent to an activating group) is 2. The van der Waals surface area contributed by atoms with E-state index in [0.29, 0.717) is 17.1 Å². The maximum Gasteiger partial charge on any atom is 0.266 e. The average Bonchev–Trinajstić information content (AvgIpc) is 2.82. The molecule has 0 radical (unpaired) electrons. The van der Waals surface area contributed by atoms with Crippen LogP contribution in [0.15, 0.2) is 12.3 Å². The van der Waals surface area contributed by atoms with Crippen LogP contribution in [0.25, 0.3) is 10.2 Å². The van der Waals surface area contributed by atoms with Gasteiger partial charge in [-0.25, -0.2) is 4.98 Å². The third kappa shape index (κ3) is 2.82. The number of hydrogen-bond acceptors (Lipinski definition) is 5. The molecule has 0 aliphatic heterocycles. The van der Waals surface area contributed by atoms with Crippen LogP contribution < -0.4 is 11.1 Å². The minimum absolute atomic E-state index is 0.0198. The summed E-state index contributed by atoms with van der Waals surface area (Å²) in [6.45, 7) is 4.22. The van der Waals surface area contributed by atoms with Gasteiger partial charge < -0.3 is 16.0 Å². The Hall–Kier alpha value is -2.15. The molecular formula is C14H18N4O2S. The summed E-state index contributed by atoms with van der Waals surface area (Å²) in [6.07, 6.45) is 1.70. The topological polar surface area (TPSA) is 88.3 Å². The van der Waals surface area contributed by atoms with Crippen LogP contribution in [0.5, 0.6) is 0 Å². The molecule has 112 valence electrons. The fourth-order valence-corrected chi connectivity index (χ4v) is 3.19. The smallest absolute Gasteiger partial charge is 0.266 e. The number of anilines is 1. The molecule has 0 saturated heterocycles. The monoisotopic (exact) mass is 306 g/mol. The quantitative estimate of drug-likeness (QED) is 0.893. The van der Waals surface area contributed by atoms with Crippen molar-refractivity contribution in [1.29, 1.82) is 0 Å². The van der Waals surface area contributed by atoms with Gasteiger partial charge in [0.15, 0.2) is 0 Å². The lowest BCUT2D eigenvalue weighted by Gasteiger charge is -2.19. The number of hydrogen-bond donors (Lipinski definition) is 2. The van der Waals surface area contributed by atoms with Crippen LogP contribution in [0.4, 0.5) is 5.69 Å². The van der Waals surface area contributed by atoms with Crippen molar-refractivity contribution >= 4 is 39.1 Å². The number of amides is 2. The normalized spacial score (nSPS) is 10.6. The first kappa shape index (κ1) is 15.2. The molecule has 7 heteroatoms. The van der Waals surface area contributed by atoms with Gasteiger partial charge in [0.2, 0.25) is 5.91 Å². The van der Waals surface area contributed by atoms with E-state index in [1.165, 1.54) is 16.2 Å². The van der Waals surface area contributed by atoms with E-state index in [0.717, 1.165) is 15.8 Å². The highest BCUT2D eigenvalue weighted by Crippen LogP contribution is 2.34. The minimum Gasteiger partial charge on any atom is -0.397 e. The molecule has 6 nitrogen and oxygen atoms in total. The summed E-state index contributed by atoms with van der Waals surface area (Å²) >= 11 is 1.27. The van der Waals surface area contributed by atoms with Crippen molar-refractivity contribution in [2.24, 2.45) is 0 Å². The molecule has 0 aliphatic carbocycles. The molecule has 0 saturated carbocycles. The van der Waals surface area contributed by atoms with E-state index in [2.05, 4.69) is 10.3 Å². The summed E-state index contributed by atoms with van der Waals surface area (Å²) in [7, 11) is 1.54. The summed E-state index contributed by atoms with van der Waals surface area (Å²) in [5, 5.41) is 3.33. The van der Waals surface area contributed by atoms with Crippen molar-refractivity contribution in [1.82, 2.24) is 15.2 Å². The van der Waals surface area contributed by atoms with E-state index < -0.39 is 0 Å². The lowest BCUT2D eigenvalue weighted by Crippen LogP contribution is -2.39. The van der Waals surface area contributed by atoms with E-state index in [1.54, 1.807) is 13.2 Å². The first-order valence-corrected chi connectivity index (χ1v) is 7.44. The summed E-state index contributed by atoms with van der Waals surface area (Å²) in [5.74, 6) is -0.444. The molecule has 0 bridgehead atoms. The molecule has 0 unspecified atom stereocenters. The lowest BCUT2D eigenvalue weighted by molar-refractivity contribution is -0.121. The van der Waals surface area contributed by atoms with Gasteiger partial charge in [-0.15, -0.1) is 11.3 Å². The Kier molecular flexibility index (Phi) is 4.42. The number of carbonyl (C=O) groups is 2. The predicted octanol–water partition coefficient (Wildman–Crippen LogP) is 1.40. The Balaban J connectivity index is 2.41. The number of pyridine rings is 1. The number of nitrogens with zero attached hydrogens (tertiary/aromatic N) is 2. The van der Waals surface area contributed by atoms with Crippen LogP contribution in [0.2, 0.25) is 0 Å². The first-order chi connectivity index (χ1) is 9.99. The summed E-state index contributed by atoms with van der Waals surface area (Å²) in [4.78, 5) is 31.0. The fraction of sp³-hybridized carbons (Fsp3) is 0.357. The first-order valence-electron chi connectivity index (χ1n) is 6.63. The summed E-state index contributed by atoms with van der Waals surface area (Å²) in [6, 6.07) is 1.86. The Morgan fingerprint density at radius 1 is 1.48 bits per heavy atom. The van der Waals surface area contributed by atoms with Gasteiger partial charge in [0, 0.05) is 25.2 Å². The molecular weight excluding hydrogens is 288 g/mol. The molecule has 2 heterocycles. The highest BCUT2D eigenvalue weighted by atomic mass is 32.1. The predicted molar refractivity (Wildman–Crippen MR) is 84.4 cm³/mol. The Morgan fingerprint density at radius 2 is 2.19 bits per heavy atom. The van der Waals surface area contributed by atoms with Gasteiger partial charge in [0.05, 0.1) is 12.2 Å². The number of fused-ring (bicyclic) bond motifs is 1.